The summed E-state index contributed by atoms with van der Waals surface area (Å²) < 4.78 is 2.16. The monoisotopic (exact) mass is 407 g/mol. The Balaban J connectivity index is 1.67. The molecule has 1 atom stereocenters. The van der Waals surface area contributed by atoms with Gasteiger partial charge in [0, 0.05) is 42.4 Å². The minimum Gasteiger partial charge on any atom is -0.364 e. The normalized spacial score (nSPS) is 23.1. The van der Waals surface area contributed by atoms with Gasteiger partial charge in [-0.05, 0) is 63.2 Å². The van der Waals surface area contributed by atoms with Gasteiger partial charge in [-0.3, -0.25) is 20.2 Å². The van der Waals surface area contributed by atoms with Gasteiger partial charge in [0.1, 0.15) is 0 Å². The van der Waals surface area contributed by atoms with Gasteiger partial charge in [0.25, 0.3) is 0 Å². The van der Waals surface area contributed by atoms with Crippen molar-refractivity contribution >= 4 is 23.5 Å². The minimum atomic E-state index is -1.34. The fourth-order valence-electron chi connectivity index (χ4n) is 5.28. The van der Waals surface area contributed by atoms with E-state index >= 15 is 0 Å². The highest BCUT2D eigenvalue weighted by Crippen LogP contribution is 2.45. The van der Waals surface area contributed by atoms with Crippen LogP contribution in [0.25, 0.3) is 5.69 Å². The molecule has 30 heavy (non-hydrogen) atoms. The van der Waals surface area contributed by atoms with Crippen molar-refractivity contribution in [3.63, 3.8) is 0 Å². The number of imide groups is 2. The number of rotatable bonds is 1. The summed E-state index contributed by atoms with van der Waals surface area (Å²) in [7, 11) is 1.99. The van der Waals surface area contributed by atoms with Crippen molar-refractivity contribution in [3.8, 4) is 5.69 Å². The van der Waals surface area contributed by atoms with Crippen LogP contribution in [0.5, 0.6) is 0 Å². The van der Waals surface area contributed by atoms with E-state index in [1.54, 1.807) is 0 Å². The second-order valence-electron chi connectivity index (χ2n) is 8.62. The molecule has 3 aliphatic rings. The first-order valence-electron chi connectivity index (χ1n) is 10.2. The Morgan fingerprint density at radius 1 is 0.967 bits per heavy atom. The predicted molar refractivity (Wildman–Crippen MR) is 112 cm³/mol. The zero-order valence-electron chi connectivity index (χ0n) is 17.4. The maximum Gasteiger partial charge on any atom is 0.328 e. The Hall–Kier alpha value is -3.13. The summed E-state index contributed by atoms with van der Waals surface area (Å²) >= 11 is 0. The number of anilines is 1. The quantitative estimate of drug-likeness (QED) is 0.692. The third-order valence-electron chi connectivity index (χ3n) is 6.79. The number of carbonyl (C=O) groups is 3. The first-order valence-corrected chi connectivity index (χ1v) is 10.2. The predicted octanol–water partition coefficient (Wildman–Crippen LogP) is 1.12. The van der Waals surface area contributed by atoms with Crippen molar-refractivity contribution in [2.45, 2.75) is 26.3 Å². The Bertz CT molecular complexity index is 1050. The van der Waals surface area contributed by atoms with Gasteiger partial charge in [0.05, 0.1) is 6.04 Å². The van der Waals surface area contributed by atoms with Gasteiger partial charge in [-0.1, -0.05) is 0 Å². The summed E-state index contributed by atoms with van der Waals surface area (Å²) in [5, 5.41) is 4.70. The first kappa shape index (κ1) is 18.9. The molecule has 4 amide bonds. The van der Waals surface area contributed by atoms with Crippen LogP contribution in [-0.2, 0) is 16.0 Å². The number of fused-ring (bicyclic) bond motifs is 4. The molecule has 2 saturated heterocycles. The average Bonchev–Trinajstić information content (AvgIpc) is 3.03. The third-order valence-corrected chi connectivity index (χ3v) is 6.79. The largest absolute Gasteiger partial charge is 0.364 e. The molecule has 0 radical (unpaired) electrons. The van der Waals surface area contributed by atoms with E-state index in [0.717, 1.165) is 34.9 Å². The van der Waals surface area contributed by atoms with Crippen LogP contribution in [0.3, 0.4) is 0 Å². The van der Waals surface area contributed by atoms with Crippen LogP contribution >= 0.6 is 0 Å². The number of amides is 4. The van der Waals surface area contributed by atoms with E-state index in [-0.39, 0.29) is 12.5 Å². The molecule has 156 valence electrons. The van der Waals surface area contributed by atoms with Gasteiger partial charge < -0.3 is 14.4 Å². The van der Waals surface area contributed by atoms with Crippen molar-refractivity contribution in [1.82, 2.24) is 20.1 Å². The number of likely N-dealkylation sites (N-methyl/N-ethyl adjacent to an activating group) is 1. The van der Waals surface area contributed by atoms with Gasteiger partial charge in [0.2, 0.25) is 11.8 Å². The molecule has 0 saturated carbocycles. The van der Waals surface area contributed by atoms with Crippen molar-refractivity contribution < 1.29 is 14.4 Å². The minimum absolute atomic E-state index is 0.259. The summed E-state index contributed by atoms with van der Waals surface area (Å²) in [4.78, 5) is 42.4. The maximum absolute atomic E-state index is 13.1. The molecule has 1 spiro atoms. The standard InChI is InChI=1S/C22H25N5O3/c1-13-4-5-14(2)27(13)16-6-7-17-15(10-16)11-22(18-12-25(3)8-9-26(17)18)19(28)23-21(30)24-20(22)29/h4-7,10,18H,8-9,11-12H2,1-3H3,(H2,23,24,28,29,30). The van der Waals surface area contributed by atoms with Crippen LogP contribution in [0.1, 0.15) is 17.0 Å². The summed E-state index contributed by atoms with van der Waals surface area (Å²) in [6.07, 6.45) is 0.259. The number of hydrogen-bond acceptors (Lipinski definition) is 5. The Kier molecular flexibility index (Phi) is 4.05. The first-order chi connectivity index (χ1) is 14.3. The van der Waals surface area contributed by atoms with Crippen LogP contribution in [0, 0.1) is 19.3 Å². The van der Waals surface area contributed by atoms with Gasteiger partial charge >= 0.3 is 6.03 Å². The molecule has 5 rings (SSSR count). The second-order valence-corrected chi connectivity index (χ2v) is 8.62. The van der Waals surface area contributed by atoms with E-state index in [4.69, 9.17) is 0 Å². The summed E-state index contributed by atoms with van der Waals surface area (Å²) in [5.74, 6) is -1.02. The highest BCUT2D eigenvalue weighted by molar-refractivity contribution is 6.20. The number of aryl methyl sites for hydroxylation is 2. The summed E-state index contributed by atoms with van der Waals surface area (Å²) in [5.41, 5.74) is 3.91. The lowest BCUT2D eigenvalue weighted by molar-refractivity contribution is -0.147. The number of nitrogens with zero attached hydrogens (tertiary/aromatic N) is 3. The van der Waals surface area contributed by atoms with Crippen LogP contribution < -0.4 is 15.5 Å². The SMILES string of the molecule is Cc1ccc(C)n1-c1ccc2c(c1)CC1(C(=O)NC(=O)NC1=O)C1CN(C)CCN21. The molecule has 1 unspecified atom stereocenters. The van der Waals surface area contributed by atoms with E-state index in [9.17, 15) is 14.4 Å². The van der Waals surface area contributed by atoms with E-state index in [0.29, 0.717) is 13.1 Å². The maximum atomic E-state index is 13.1. The molecule has 2 fully saturated rings. The topological polar surface area (TPSA) is 86.7 Å². The van der Waals surface area contributed by atoms with Gasteiger partial charge in [-0.2, -0.15) is 0 Å². The van der Waals surface area contributed by atoms with E-state index in [1.165, 1.54) is 0 Å². The number of nitrogens with one attached hydrogen (secondary N) is 2. The lowest BCUT2D eigenvalue weighted by Crippen LogP contribution is -2.74. The smallest absolute Gasteiger partial charge is 0.328 e. The van der Waals surface area contributed by atoms with Gasteiger partial charge in [-0.15, -0.1) is 0 Å². The van der Waals surface area contributed by atoms with Crippen LogP contribution in [0.4, 0.5) is 10.5 Å². The molecule has 1 aromatic carbocycles. The number of carbonyl (C=O) groups excluding carboxylic acids is 3. The fraction of sp³-hybridized carbons (Fsp3) is 0.409. The molecule has 1 aromatic heterocycles. The molecule has 0 aliphatic carbocycles. The van der Waals surface area contributed by atoms with Crippen LogP contribution in [0.2, 0.25) is 0 Å². The van der Waals surface area contributed by atoms with Crippen molar-refractivity contribution in [3.05, 3.63) is 47.3 Å². The Morgan fingerprint density at radius 3 is 2.30 bits per heavy atom. The molecule has 8 heteroatoms. The van der Waals surface area contributed by atoms with Gasteiger partial charge in [0.15, 0.2) is 5.41 Å². The molecule has 3 aliphatic heterocycles. The number of piperazine rings is 1. The number of hydrogen-bond donors (Lipinski definition) is 2. The molecular weight excluding hydrogens is 382 g/mol. The lowest BCUT2D eigenvalue weighted by atomic mass is 9.68. The summed E-state index contributed by atoms with van der Waals surface area (Å²) in [6, 6.07) is 9.32. The highest BCUT2D eigenvalue weighted by Gasteiger charge is 2.60. The lowest BCUT2D eigenvalue weighted by Gasteiger charge is -2.53. The molecule has 2 aromatic rings. The molecule has 4 heterocycles. The fourth-order valence-corrected chi connectivity index (χ4v) is 5.28. The van der Waals surface area contributed by atoms with Crippen LogP contribution in [0.15, 0.2) is 30.3 Å². The number of barbiturate groups is 1. The van der Waals surface area contributed by atoms with Crippen molar-refractivity contribution in [2.24, 2.45) is 5.41 Å². The van der Waals surface area contributed by atoms with Crippen molar-refractivity contribution in [2.75, 3.05) is 31.6 Å². The zero-order valence-corrected chi connectivity index (χ0v) is 17.4. The average molecular weight is 407 g/mol. The number of benzene rings is 1. The van der Waals surface area contributed by atoms with Crippen molar-refractivity contribution in [1.29, 1.82) is 0 Å². The van der Waals surface area contributed by atoms with Gasteiger partial charge in [-0.25, -0.2) is 4.79 Å². The van der Waals surface area contributed by atoms with E-state index in [1.807, 2.05) is 7.05 Å². The van der Waals surface area contributed by atoms with E-state index < -0.39 is 23.3 Å². The molecule has 2 N–H and O–H groups in total. The highest BCUT2D eigenvalue weighted by atomic mass is 16.2. The molecule has 8 nitrogen and oxygen atoms in total. The Labute approximate surface area is 174 Å². The molecule has 0 bridgehead atoms. The Morgan fingerprint density at radius 2 is 1.63 bits per heavy atom. The molecular formula is C22H25N5O3. The van der Waals surface area contributed by atoms with Crippen LogP contribution in [-0.4, -0.2) is 60.0 Å². The third kappa shape index (κ3) is 2.53. The zero-order chi connectivity index (χ0) is 21.2. The second kappa shape index (κ2) is 6.43. The number of aromatic nitrogens is 1. The summed E-state index contributed by atoms with van der Waals surface area (Å²) in [6.45, 7) is 6.24. The number of urea groups is 1. The van der Waals surface area contributed by atoms with E-state index in [2.05, 4.69) is 69.2 Å².